The van der Waals surface area contributed by atoms with Gasteiger partial charge in [0, 0.05) is 12.5 Å². The maximum atomic E-state index is 10.9. The molecule has 1 aromatic rings. The zero-order chi connectivity index (χ0) is 17.0. The van der Waals surface area contributed by atoms with Gasteiger partial charge in [0.1, 0.15) is 6.10 Å². The molecule has 128 valence electrons. The van der Waals surface area contributed by atoms with E-state index in [0.717, 1.165) is 30.4 Å². The van der Waals surface area contributed by atoms with Crippen molar-refractivity contribution >= 4 is 0 Å². The van der Waals surface area contributed by atoms with E-state index in [4.69, 9.17) is 0 Å². The normalized spacial score (nSPS) is 39.9. The van der Waals surface area contributed by atoms with Gasteiger partial charge < -0.3 is 15.3 Å². The molecule has 0 amide bonds. The molecule has 2 aliphatic rings. The number of fused-ring (bicyclic) bond motifs is 3. The zero-order valence-electron chi connectivity index (χ0n) is 14.7. The number of rotatable bonds is 2. The van der Waals surface area contributed by atoms with Crippen LogP contribution in [0, 0.1) is 11.3 Å². The quantitative estimate of drug-likeness (QED) is 0.784. The molecule has 0 spiro atoms. The van der Waals surface area contributed by atoms with Crippen molar-refractivity contribution in [2.45, 2.75) is 70.5 Å². The molecule has 3 rings (SSSR count). The van der Waals surface area contributed by atoms with Crippen molar-refractivity contribution in [1.82, 2.24) is 0 Å². The van der Waals surface area contributed by atoms with Crippen molar-refractivity contribution in [2.75, 3.05) is 6.61 Å². The first-order valence-electron chi connectivity index (χ1n) is 8.86. The third kappa shape index (κ3) is 2.36. The summed E-state index contributed by atoms with van der Waals surface area (Å²) in [6.07, 6.45) is 1.23. The van der Waals surface area contributed by atoms with Gasteiger partial charge in [0.05, 0.1) is 6.10 Å². The Kier molecular flexibility index (Phi) is 4.11. The molecule has 0 aliphatic heterocycles. The van der Waals surface area contributed by atoms with Crippen LogP contribution in [0.15, 0.2) is 18.2 Å². The van der Waals surface area contributed by atoms with E-state index >= 15 is 0 Å². The van der Waals surface area contributed by atoms with Gasteiger partial charge >= 0.3 is 0 Å². The van der Waals surface area contributed by atoms with Crippen LogP contribution in [0.4, 0.5) is 0 Å². The molecule has 0 saturated heterocycles. The topological polar surface area (TPSA) is 60.7 Å². The van der Waals surface area contributed by atoms with Gasteiger partial charge in [-0.2, -0.15) is 0 Å². The van der Waals surface area contributed by atoms with Crippen molar-refractivity contribution in [3.8, 4) is 0 Å². The summed E-state index contributed by atoms with van der Waals surface area (Å²) in [6, 6.07) is 6.37. The van der Waals surface area contributed by atoms with Crippen molar-refractivity contribution in [1.29, 1.82) is 0 Å². The van der Waals surface area contributed by atoms with Crippen LogP contribution in [0.25, 0.3) is 0 Å². The largest absolute Gasteiger partial charge is 0.396 e. The van der Waals surface area contributed by atoms with Crippen molar-refractivity contribution < 1.29 is 15.3 Å². The lowest BCUT2D eigenvalue weighted by atomic mass is 9.48. The highest BCUT2D eigenvalue weighted by Gasteiger charge is 2.57. The molecule has 0 bridgehead atoms. The van der Waals surface area contributed by atoms with Crippen LogP contribution < -0.4 is 0 Å². The highest BCUT2D eigenvalue weighted by atomic mass is 16.3. The smallest absolute Gasteiger partial charge is 0.105 e. The molecule has 1 saturated carbocycles. The minimum atomic E-state index is -0.870. The summed E-state index contributed by atoms with van der Waals surface area (Å²) in [4.78, 5) is 0. The van der Waals surface area contributed by atoms with Crippen molar-refractivity contribution in [3.05, 3.63) is 34.9 Å². The van der Waals surface area contributed by atoms with Gasteiger partial charge in [-0.3, -0.25) is 0 Å². The van der Waals surface area contributed by atoms with Gasteiger partial charge in [0.2, 0.25) is 0 Å². The summed E-state index contributed by atoms with van der Waals surface area (Å²) in [5.74, 6) is 0.269. The molecule has 5 atom stereocenters. The number of aliphatic hydroxyl groups excluding tert-OH is 3. The van der Waals surface area contributed by atoms with E-state index in [0.29, 0.717) is 5.92 Å². The lowest BCUT2D eigenvalue weighted by Gasteiger charge is -2.57. The van der Waals surface area contributed by atoms with Crippen LogP contribution >= 0.6 is 0 Å². The molecule has 3 heteroatoms. The molecule has 3 N–H and O–H groups in total. The summed E-state index contributed by atoms with van der Waals surface area (Å²) in [5.41, 5.74) is 2.69. The van der Waals surface area contributed by atoms with Gasteiger partial charge in [0.15, 0.2) is 0 Å². The first-order valence-corrected chi connectivity index (χ1v) is 8.86. The van der Waals surface area contributed by atoms with Gasteiger partial charge in [0.25, 0.3) is 0 Å². The Labute approximate surface area is 139 Å². The predicted octanol–water partition coefficient (Wildman–Crippen LogP) is 3.27. The Morgan fingerprint density at radius 2 is 1.87 bits per heavy atom. The lowest BCUT2D eigenvalue weighted by Crippen LogP contribution is -2.57. The highest BCUT2D eigenvalue weighted by molar-refractivity contribution is 5.44. The Bertz CT molecular complexity index is 597. The average molecular weight is 318 g/mol. The zero-order valence-corrected chi connectivity index (χ0v) is 14.7. The lowest BCUT2D eigenvalue weighted by molar-refractivity contribution is -0.131. The van der Waals surface area contributed by atoms with E-state index in [9.17, 15) is 15.3 Å². The summed E-state index contributed by atoms with van der Waals surface area (Å²) in [7, 11) is 0. The molecule has 1 unspecified atom stereocenters. The van der Waals surface area contributed by atoms with Crippen LogP contribution in [0.5, 0.6) is 0 Å². The summed E-state index contributed by atoms with van der Waals surface area (Å²) >= 11 is 0. The SMILES string of the molecule is CC(C)c1ccc2c(c1)[C@H](O)[C@H](O)C1[C@@](C)(CO)CCC[C@]21C. The molecular weight excluding hydrogens is 288 g/mol. The molecule has 0 aromatic heterocycles. The second kappa shape index (κ2) is 5.58. The average Bonchev–Trinajstić information content (AvgIpc) is 2.52. The van der Waals surface area contributed by atoms with Gasteiger partial charge in [-0.25, -0.2) is 0 Å². The Hall–Kier alpha value is -0.900. The number of benzene rings is 1. The second-order valence-corrected chi connectivity index (χ2v) is 8.50. The molecule has 0 radical (unpaired) electrons. The van der Waals surface area contributed by atoms with E-state index in [-0.39, 0.29) is 23.4 Å². The Morgan fingerprint density at radius 1 is 1.17 bits per heavy atom. The maximum absolute atomic E-state index is 10.9. The number of hydrogen-bond acceptors (Lipinski definition) is 3. The molecule has 23 heavy (non-hydrogen) atoms. The number of aliphatic hydroxyl groups is 3. The van der Waals surface area contributed by atoms with Crippen LogP contribution in [0.3, 0.4) is 0 Å². The van der Waals surface area contributed by atoms with Gasteiger partial charge in [-0.15, -0.1) is 0 Å². The van der Waals surface area contributed by atoms with E-state index in [1.54, 1.807) is 0 Å². The van der Waals surface area contributed by atoms with Gasteiger partial charge in [-0.1, -0.05) is 52.3 Å². The Morgan fingerprint density at radius 3 is 2.48 bits per heavy atom. The van der Waals surface area contributed by atoms with E-state index < -0.39 is 12.2 Å². The molecule has 2 aliphatic carbocycles. The van der Waals surface area contributed by atoms with Crippen LogP contribution in [-0.2, 0) is 5.41 Å². The van der Waals surface area contributed by atoms with E-state index in [2.05, 4.69) is 45.9 Å². The van der Waals surface area contributed by atoms with E-state index in [1.165, 1.54) is 5.56 Å². The summed E-state index contributed by atoms with van der Waals surface area (Å²) < 4.78 is 0. The molecule has 1 aromatic carbocycles. The van der Waals surface area contributed by atoms with Crippen LogP contribution in [-0.4, -0.2) is 28.0 Å². The number of hydrogen-bond donors (Lipinski definition) is 3. The Balaban J connectivity index is 2.18. The monoisotopic (exact) mass is 318 g/mol. The van der Waals surface area contributed by atoms with Crippen LogP contribution in [0.2, 0.25) is 0 Å². The van der Waals surface area contributed by atoms with Crippen molar-refractivity contribution in [2.24, 2.45) is 11.3 Å². The van der Waals surface area contributed by atoms with Crippen molar-refractivity contribution in [3.63, 3.8) is 0 Å². The molecule has 3 nitrogen and oxygen atoms in total. The fourth-order valence-electron chi connectivity index (χ4n) is 5.28. The van der Waals surface area contributed by atoms with Gasteiger partial charge in [-0.05, 0) is 46.3 Å². The first kappa shape index (κ1) is 16.9. The minimum Gasteiger partial charge on any atom is -0.396 e. The molecule has 1 fully saturated rings. The van der Waals surface area contributed by atoms with Crippen LogP contribution in [0.1, 0.15) is 75.7 Å². The predicted molar refractivity (Wildman–Crippen MR) is 91.4 cm³/mol. The fraction of sp³-hybridized carbons (Fsp3) is 0.700. The highest BCUT2D eigenvalue weighted by Crippen LogP contribution is 2.59. The third-order valence-electron chi connectivity index (χ3n) is 6.58. The third-order valence-corrected chi connectivity index (χ3v) is 6.58. The second-order valence-electron chi connectivity index (χ2n) is 8.50. The standard InChI is InChI=1S/C20H30O3/c1-12(2)13-6-7-15-14(10-13)16(22)17(23)18-19(3,11-21)8-5-9-20(15,18)4/h6-7,10,12,16-18,21-23H,5,8-9,11H2,1-4H3/t16-,17-,18?,19+,20+/m0/s1. The first-order chi connectivity index (χ1) is 10.7. The maximum Gasteiger partial charge on any atom is 0.105 e. The fourth-order valence-corrected chi connectivity index (χ4v) is 5.28. The summed E-state index contributed by atoms with van der Waals surface area (Å²) in [5, 5.41) is 31.7. The van der Waals surface area contributed by atoms with E-state index in [1.807, 2.05) is 0 Å². The molecular formula is C20H30O3. The summed E-state index contributed by atoms with van der Waals surface area (Å²) in [6.45, 7) is 8.59. The molecule has 0 heterocycles. The minimum absolute atomic E-state index is 0.0520.